The van der Waals surface area contributed by atoms with Gasteiger partial charge in [-0.05, 0) is 46.0 Å². The number of anilines is 1. The van der Waals surface area contributed by atoms with Gasteiger partial charge in [-0.1, -0.05) is 11.4 Å². The lowest BCUT2D eigenvalue weighted by Gasteiger charge is -2.03. The molecule has 0 aliphatic rings. The molecule has 0 atom stereocenters. The van der Waals surface area contributed by atoms with E-state index in [0.717, 1.165) is 21.8 Å². The molecule has 5 nitrogen and oxygen atoms in total. The van der Waals surface area contributed by atoms with Crippen LogP contribution in [0.15, 0.2) is 22.9 Å². The maximum Gasteiger partial charge on any atom is 0.269 e. The molecule has 2 heterocycles. The highest BCUT2D eigenvalue weighted by molar-refractivity contribution is 9.10. The van der Waals surface area contributed by atoms with E-state index in [9.17, 15) is 4.79 Å². The summed E-state index contributed by atoms with van der Waals surface area (Å²) in [5.74, 6) is -0.194. The van der Waals surface area contributed by atoms with E-state index in [-0.39, 0.29) is 5.91 Å². The summed E-state index contributed by atoms with van der Waals surface area (Å²) in [6, 6.07) is 3.54. The number of hydrogen-bond donors (Lipinski definition) is 1. The zero-order chi connectivity index (χ0) is 12.3. The van der Waals surface area contributed by atoms with Gasteiger partial charge in [0.15, 0.2) is 0 Å². The van der Waals surface area contributed by atoms with Crippen molar-refractivity contribution in [3.8, 4) is 0 Å². The van der Waals surface area contributed by atoms with Gasteiger partial charge in [-0.2, -0.15) is 0 Å². The second kappa shape index (κ2) is 5.33. The second-order valence-corrected chi connectivity index (χ2v) is 4.79. The van der Waals surface area contributed by atoms with Gasteiger partial charge in [0.1, 0.15) is 9.48 Å². The summed E-state index contributed by atoms with van der Waals surface area (Å²) in [5.41, 5.74) is 1.37. The molecule has 88 valence electrons. The molecule has 17 heavy (non-hydrogen) atoms. The van der Waals surface area contributed by atoms with Crippen LogP contribution in [0.3, 0.4) is 0 Å². The zero-order valence-electron chi connectivity index (χ0n) is 8.98. The maximum absolute atomic E-state index is 11.9. The largest absolute Gasteiger partial charge is 0.320 e. The third-order valence-corrected chi connectivity index (χ3v) is 3.32. The molecular formula is C10H9BrN4OS. The fourth-order valence-electron chi connectivity index (χ4n) is 1.25. The predicted molar refractivity (Wildman–Crippen MR) is 69.2 cm³/mol. The Bertz CT molecular complexity index is 525. The number of pyridine rings is 1. The number of carbonyl (C=O) groups is 1. The zero-order valence-corrected chi connectivity index (χ0v) is 11.4. The fourth-order valence-corrected chi connectivity index (χ4v) is 2.13. The molecule has 2 aromatic heterocycles. The highest BCUT2D eigenvalue weighted by atomic mass is 79.9. The molecule has 0 unspecified atom stereocenters. The van der Waals surface area contributed by atoms with Gasteiger partial charge in [-0.15, -0.1) is 5.10 Å². The molecule has 0 saturated carbocycles. The molecule has 7 heteroatoms. The first-order chi connectivity index (χ1) is 8.20. The molecule has 1 N–H and O–H groups in total. The van der Waals surface area contributed by atoms with Crippen LogP contribution in [-0.2, 0) is 6.42 Å². The Hall–Kier alpha value is -1.34. The van der Waals surface area contributed by atoms with E-state index in [1.54, 1.807) is 18.3 Å². The van der Waals surface area contributed by atoms with E-state index in [0.29, 0.717) is 17.0 Å². The highest BCUT2D eigenvalue weighted by Crippen LogP contribution is 2.15. The van der Waals surface area contributed by atoms with E-state index in [1.807, 2.05) is 6.92 Å². The van der Waals surface area contributed by atoms with E-state index < -0.39 is 0 Å². The van der Waals surface area contributed by atoms with Gasteiger partial charge in [0.2, 0.25) is 0 Å². The van der Waals surface area contributed by atoms with Gasteiger partial charge in [0.25, 0.3) is 5.91 Å². The van der Waals surface area contributed by atoms with Gasteiger partial charge in [-0.3, -0.25) is 4.79 Å². The van der Waals surface area contributed by atoms with Crippen molar-refractivity contribution in [2.24, 2.45) is 0 Å². The van der Waals surface area contributed by atoms with Crippen molar-refractivity contribution in [3.05, 3.63) is 33.5 Å². The normalized spacial score (nSPS) is 10.2. The van der Waals surface area contributed by atoms with E-state index in [4.69, 9.17) is 0 Å². The molecule has 2 rings (SSSR count). The lowest BCUT2D eigenvalue weighted by Crippen LogP contribution is -2.12. The number of aromatic nitrogens is 3. The Balaban J connectivity index is 2.14. The van der Waals surface area contributed by atoms with Crippen LogP contribution in [0.25, 0.3) is 0 Å². The smallest absolute Gasteiger partial charge is 0.269 e. The molecule has 2 aromatic rings. The maximum atomic E-state index is 11.9. The van der Waals surface area contributed by atoms with Crippen LogP contribution in [-0.4, -0.2) is 20.5 Å². The summed E-state index contributed by atoms with van der Waals surface area (Å²) in [5, 5.41) is 6.65. The monoisotopic (exact) mass is 312 g/mol. The Morgan fingerprint density at radius 3 is 3.00 bits per heavy atom. The van der Waals surface area contributed by atoms with Gasteiger partial charge in [-0.25, -0.2) is 4.98 Å². The molecule has 1 amide bonds. The molecular weight excluding hydrogens is 304 g/mol. The first kappa shape index (κ1) is 12.1. The molecule has 0 aromatic carbocycles. The summed E-state index contributed by atoms with van der Waals surface area (Å²) in [4.78, 5) is 16.5. The number of nitrogens with one attached hydrogen (secondary N) is 1. The minimum Gasteiger partial charge on any atom is -0.320 e. The summed E-state index contributed by atoms with van der Waals surface area (Å²) in [6.45, 7) is 1.94. The van der Waals surface area contributed by atoms with Crippen LogP contribution in [0, 0.1) is 0 Å². The van der Waals surface area contributed by atoms with Gasteiger partial charge in [0.05, 0.1) is 17.6 Å². The van der Waals surface area contributed by atoms with Crippen molar-refractivity contribution in [1.29, 1.82) is 0 Å². The Morgan fingerprint density at radius 2 is 2.35 bits per heavy atom. The fraction of sp³-hybridized carbons (Fsp3) is 0.200. The van der Waals surface area contributed by atoms with Crippen molar-refractivity contribution in [1.82, 2.24) is 14.6 Å². The minimum absolute atomic E-state index is 0.194. The predicted octanol–water partition coefficient (Wildman–Crippen LogP) is 2.51. The van der Waals surface area contributed by atoms with Crippen LogP contribution in [0.2, 0.25) is 0 Å². The van der Waals surface area contributed by atoms with Crippen LogP contribution >= 0.6 is 27.5 Å². The summed E-state index contributed by atoms with van der Waals surface area (Å²) < 4.78 is 4.50. The van der Waals surface area contributed by atoms with Crippen molar-refractivity contribution < 1.29 is 4.79 Å². The number of aryl methyl sites for hydroxylation is 1. The summed E-state index contributed by atoms with van der Waals surface area (Å²) in [7, 11) is 0. The van der Waals surface area contributed by atoms with Crippen LogP contribution in [0.5, 0.6) is 0 Å². The molecule has 0 aliphatic heterocycles. The minimum atomic E-state index is -0.194. The average Bonchev–Trinajstić information content (AvgIpc) is 2.80. The molecule has 0 aliphatic carbocycles. The summed E-state index contributed by atoms with van der Waals surface area (Å²) in [6.07, 6.45) is 2.28. The Kier molecular flexibility index (Phi) is 3.80. The molecule has 0 radical (unpaired) electrons. The van der Waals surface area contributed by atoms with Crippen molar-refractivity contribution >= 4 is 39.1 Å². The SMILES string of the molecule is CCc1nnsc1C(=O)Nc1ccc(Br)nc1. The quantitative estimate of drug-likeness (QED) is 0.884. The van der Waals surface area contributed by atoms with Gasteiger partial charge < -0.3 is 5.32 Å². The molecule has 0 saturated heterocycles. The first-order valence-corrected chi connectivity index (χ1v) is 6.51. The summed E-state index contributed by atoms with van der Waals surface area (Å²) >= 11 is 4.33. The lowest BCUT2D eigenvalue weighted by molar-refractivity contribution is 0.102. The lowest BCUT2D eigenvalue weighted by atomic mass is 10.3. The second-order valence-electron chi connectivity index (χ2n) is 3.23. The van der Waals surface area contributed by atoms with Crippen LogP contribution in [0.4, 0.5) is 5.69 Å². The first-order valence-electron chi connectivity index (χ1n) is 4.95. The average molecular weight is 313 g/mol. The topological polar surface area (TPSA) is 67.8 Å². The number of amides is 1. The number of halogens is 1. The van der Waals surface area contributed by atoms with Crippen molar-refractivity contribution in [2.75, 3.05) is 5.32 Å². The van der Waals surface area contributed by atoms with Crippen molar-refractivity contribution in [2.45, 2.75) is 13.3 Å². The number of nitrogens with zero attached hydrogens (tertiary/aromatic N) is 3. The molecule has 0 bridgehead atoms. The van der Waals surface area contributed by atoms with Crippen LogP contribution < -0.4 is 5.32 Å². The van der Waals surface area contributed by atoms with E-state index in [1.165, 1.54) is 0 Å². The van der Waals surface area contributed by atoms with E-state index >= 15 is 0 Å². The molecule has 0 fully saturated rings. The van der Waals surface area contributed by atoms with Gasteiger partial charge >= 0.3 is 0 Å². The van der Waals surface area contributed by atoms with Gasteiger partial charge in [0, 0.05) is 0 Å². The van der Waals surface area contributed by atoms with Crippen LogP contribution in [0.1, 0.15) is 22.3 Å². The Morgan fingerprint density at radius 1 is 1.53 bits per heavy atom. The number of hydrogen-bond acceptors (Lipinski definition) is 5. The van der Waals surface area contributed by atoms with Crippen molar-refractivity contribution in [3.63, 3.8) is 0 Å². The number of carbonyl (C=O) groups excluding carboxylic acids is 1. The number of rotatable bonds is 3. The molecule has 0 spiro atoms. The van der Waals surface area contributed by atoms with E-state index in [2.05, 4.69) is 35.8 Å². The highest BCUT2D eigenvalue weighted by Gasteiger charge is 2.14. The standard InChI is InChI=1S/C10H9BrN4OS/c1-2-7-9(17-15-14-7)10(16)13-6-3-4-8(11)12-5-6/h3-5H,2H2,1H3,(H,13,16). The third-order valence-electron chi connectivity index (χ3n) is 2.08. The third kappa shape index (κ3) is 2.86. The Labute approximate surface area is 111 Å².